The molecule has 0 aliphatic rings. The summed E-state index contributed by atoms with van der Waals surface area (Å²) in [6.07, 6.45) is 2.74. The maximum Gasteiger partial charge on any atom is 0.119 e. The third-order valence-electron chi connectivity index (χ3n) is 3.26. The van der Waals surface area contributed by atoms with Gasteiger partial charge in [0.2, 0.25) is 0 Å². The molecule has 3 nitrogen and oxygen atoms in total. The van der Waals surface area contributed by atoms with Crippen molar-refractivity contribution >= 4 is 15.9 Å². The zero-order chi connectivity index (χ0) is 13.4. The van der Waals surface area contributed by atoms with Crippen molar-refractivity contribution in [2.75, 3.05) is 19.8 Å². The standard InChI is InChI=1S/C14H22BrNO2/c1-2-7-14(10-16,11-17)8-9-18-13-5-3-12(15)4-6-13/h3-6,17H,2,7-11,16H2,1H3. The Labute approximate surface area is 117 Å². The van der Waals surface area contributed by atoms with E-state index < -0.39 is 0 Å². The summed E-state index contributed by atoms with van der Waals surface area (Å²) in [5.74, 6) is 0.846. The molecule has 0 radical (unpaired) electrons. The van der Waals surface area contributed by atoms with Crippen LogP contribution in [0, 0.1) is 5.41 Å². The molecule has 0 aliphatic heterocycles. The van der Waals surface area contributed by atoms with Crippen molar-refractivity contribution in [1.29, 1.82) is 0 Å². The van der Waals surface area contributed by atoms with Crippen LogP contribution in [0.2, 0.25) is 0 Å². The predicted molar refractivity (Wildman–Crippen MR) is 77.7 cm³/mol. The first-order chi connectivity index (χ1) is 8.65. The average molecular weight is 316 g/mol. The van der Waals surface area contributed by atoms with E-state index in [0.717, 1.165) is 29.5 Å². The Hall–Kier alpha value is -0.580. The number of benzene rings is 1. The second-order valence-corrected chi connectivity index (χ2v) is 5.58. The molecule has 1 aromatic carbocycles. The van der Waals surface area contributed by atoms with Crippen molar-refractivity contribution in [2.24, 2.45) is 11.1 Å². The Balaban J connectivity index is 2.45. The van der Waals surface area contributed by atoms with Crippen LogP contribution in [-0.2, 0) is 0 Å². The fourth-order valence-corrected chi connectivity index (χ4v) is 2.26. The van der Waals surface area contributed by atoms with Crippen LogP contribution < -0.4 is 10.5 Å². The lowest BCUT2D eigenvalue weighted by Gasteiger charge is -2.30. The van der Waals surface area contributed by atoms with E-state index in [9.17, 15) is 5.11 Å². The molecule has 0 spiro atoms. The van der Waals surface area contributed by atoms with Crippen LogP contribution >= 0.6 is 15.9 Å². The van der Waals surface area contributed by atoms with E-state index >= 15 is 0 Å². The number of ether oxygens (including phenoxy) is 1. The minimum absolute atomic E-state index is 0.126. The van der Waals surface area contributed by atoms with Gasteiger partial charge < -0.3 is 15.6 Å². The highest BCUT2D eigenvalue weighted by molar-refractivity contribution is 9.10. The van der Waals surface area contributed by atoms with Crippen LogP contribution in [-0.4, -0.2) is 24.9 Å². The molecular weight excluding hydrogens is 294 g/mol. The predicted octanol–water partition coefficient (Wildman–Crippen LogP) is 2.96. The zero-order valence-corrected chi connectivity index (χ0v) is 12.4. The van der Waals surface area contributed by atoms with Crippen LogP contribution in [0.4, 0.5) is 0 Å². The normalized spacial score (nSPS) is 14.2. The van der Waals surface area contributed by atoms with Crippen molar-refractivity contribution in [2.45, 2.75) is 26.2 Å². The molecular formula is C14H22BrNO2. The Kier molecular flexibility index (Phi) is 6.68. The zero-order valence-electron chi connectivity index (χ0n) is 10.9. The van der Waals surface area contributed by atoms with Crippen LogP contribution in [0.1, 0.15) is 26.2 Å². The minimum atomic E-state index is -0.190. The van der Waals surface area contributed by atoms with Crippen molar-refractivity contribution in [1.82, 2.24) is 0 Å². The molecule has 0 fully saturated rings. The summed E-state index contributed by atoms with van der Waals surface area (Å²) in [5.41, 5.74) is 5.59. The number of nitrogens with two attached hydrogens (primary N) is 1. The first kappa shape index (κ1) is 15.5. The first-order valence-corrected chi connectivity index (χ1v) is 7.14. The highest BCUT2D eigenvalue weighted by Gasteiger charge is 2.26. The molecule has 0 aromatic heterocycles. The van der Waals surface area contributed by atoms with Gasteiger partial charge in [-0.3, -0.25) is 0 Å². The lowest BCUT2D eigenvalue weighted by Crippen LogP contribution is -2.35. The second kappa shape index (κ2) is 7.77. The van der Waals surface area contributed by atoms with Gasteiger partial charge in [0, 0.05) is 16.4 Å². The van der Waals surface area contributed by atoms with Gasteiger partial charge in [-0.05, 0) is 37.1 Å². The van der Waals surface area contributed by atoms with E-state index in [0.29, 0.717) is 13.2 Å². The van der Waals surface area contributed by atoms with Gasteiger partial charge in [0.25, 0.3) is 0 Å². The summed E-state index contributed by atoms with van der Waals surface area (Å²) in [5, 5.41) is 9.50. The third-order valence-corrected chi connectivity index (χ3v) is 3.79. The number of rotatable bonds is 8. The summed E-state index contributed by atoms with van der Waals surface area (Å²) >= 11 is 3.38. The van der Waals surface area contributed by atoms with Gasteiger partial charge in [-0.15, -0.1) is 0 Å². The molecule has 0 bridgehead atoms. The fourth-order valence-electron chi connectivity index (χ4n) is 2.00. The Morgan fingerprint density at radius 1 is 1.28 bits per heavy atom. The number of aliphatic hydroxyl groups excluding tert-OH is 1. The monoisotopic (exact) mass is 315 g/mol. The smallest absolute Gasteiger partial charge is 0.119 e. The number of aliphatic hydroxyl groups is 1. The van der Waals surface area contributed by atoms with E-state index in [2.05, 4.69) is 22.9 Å². The van der Waals surface area contributed by atoms with Crippen LogP contribution in [0.5, 0.6) is 5.75 Å². The Morgan fingerprint density at radius 3 is 2.44 bits per heavy atom. The molecule has 1 unspecified atom stereocenters. The summed E-state index contributed by atoms with van der Waals surface area (Å²) in [4.78, 5) is 0. The minimum Gasteiger partial charge on any atom is -0.494 e. The first-order valence-electron chi connectivity index (χ1n) is 6.35. The lowest BCUT2D eigenvalue weighted by atomic mass is 9.81. The van der Waals surface area contributed by atoms with Gasteiger partial charge in [-0.1, -0.05) is 29.3 Å². The van der Waals surface area contributed by atoms with Crippen LogP contribution in [0.25, 0.3) is 0 Å². The van der Waals surface area contributed by atoms with Crippen LogP contribution in [0.15, 0.2) is 28.7 Å². The molecule has 18 heavy (non-hydrogen) atoms. The maximum absolute atomic E-state index is 9.50. The van der Waals surface area contributed by atoms with Crippen molar-refractivity contribution in [3.63, 3.8) is 0 Å². The highest BCUT2D eigenvalue weighted by atomic mass is 79.9. The molecule has 4 heteroatoms. The average Bonchev–Trinajstić information content (AvgIpc) is 2.40. The summed E-state index contributed by atoms with van der Waals surface area (Å²) in [7, 11) is 0. The molecule has 0 saturated heterocycles. The molecule has 1 rings (SSSR count). The molecule has 0 aliphatic carbocycles. The molecule has 1 aromatic rings. The summed E-state index contributed by atoms with van der Waals surface area (Å²) < 4.78 is 6.71. The van der Waals surface area contributed by atoms with Gasteiger partial charge in [-0.25, -0.2) is 0 Å². The van der Waals surface area contributed by atoms with E-state index in [-0.39, 0.29) is 12.0 Å². The largest absolute Gasteiger partial charge is 0.494 e. The van der Waals surface area contributed by atoms with Gasteiger partial charge in [-0.2, -0.15) is 0 Å². The van der Waals surface area contributed by atoms with Gasteiger partial charge in [0.1, 0.15) is 5.75 Å². The fraction of sp³-hybridized carbons (Fsp3) is 0.571. The van der Waals surface area contributed by atoms with Gasteiger partial charge >= 0.3 is 0 Å². The van der Waals surface area contributed by atoms with Crippen molar-refractivity contribution in [3.8, 4) is 5.75 Å². The van der Waals surface area contributed by atoms with E-state index in [1.54, 1.807) is 0 Å². The van der Waals surface area contributed by atoms with Crippen molar-refractivity contribution in [3.05, 3.63) is 28.7 Å². The maximum atomic E-state index is 9.50. The summed E-state index contributed by atoms with van der Waals surface area (Å²) in [6, 6.07) is 7.74. The molecule has 102 valence electrons. The van der Waals surface area contributed by atoms with E-state index in [1.807, 2.05) is 24.3 Å². The Morgan fingerprint density at radius 2 is 1.94 bits per heavy atom. The molecule has 0 saturated carbocycles. The van der Waals surface area contributed by atoms with E-state index in [4.69, 9.17) is 10.5 Å². The number of halogens is 1. The second-order valence-electron chi connectivity index (χ2n) is 4.66. The highest BCUT2D eigenvalue weighted by Crippen LogP contribution is 2.27. The quantitative estimate of drug-likeness (QED) is 0.775. The lowest BCUT2D eigenvalue weighted by molar-refractivity contribution is 0.0929. The van der Waals surface area contributed by atoms with Gasteiger partial charge in [0.15, 0.2) is 0 Å². The number of hydrogen-bond donors (Lipinski definition) is 2. The van der Waals surface area contributed by atoms with Gasteiger partial charge in [0.05, 0.1) is 13.2 Å². The molecule has 1 atom stereocenters. The number of hydrogen-bond acceptors (Lipinski definition) is 3. The molecule has 3 N–H and O–H groups in total. The topological polar surface area (TPSA) is 55.5 Å². The third kappa shape index (κ3) is 4.59. The summed E-state index contributed by atoms with van der Waals surface area (Å²) in [6.45, 7) is 3.32. The molecule has 0 amide bonds. The SMILES string of the molecule is CCCC(CN)(CO)CCOc1ccc(Br)cc1. The van der Waals surface area contributed by atoms with E-state index in [1.165, 1.54) is 0 Å². The van der Waals surface area contributed by atoms with Crippen molar-refractivity contribution < 1.29 is 9.84 Å². The van der Waals surface area contributed by atoms with Crippen LogP contribution in [0.3, 0.4) is 0 Å². The Bertz CT molecular complexity index is 336. The molecule has 0 heterocycles.